The molecule has 0 saturated heterocycles. The predicted octanol–water partition coefficient (Wildman–Crippen LogP) is 3.70. The van der Waals surface area contributed by atoms with Gasteiger partial charge in [-0.3, -0.25) is 14.5 Å². The quantitative estimate of drug-likeness (QED) is 0.776. The Morgan fingerprint density at radius 1 is 1.27 bits per heavy atom. The number of anilines is 1. The Labute approximate surface area is 136 Å². The van der Waals surface area contributed by atoms with Crippen LogP contribution in [0, 0.1) is 6.92 Å². The molecule has 3 aromatic rings. The summed E-state index contributed by atoms with van der Waals surface area (Å²) in [5.74, 6) is -0.124. The van der Waals surface area contributed by atoms with Crippen LogP contribution in [-0.4, -0.2) is 20.7 Å². The summed E-state index contributed by atoms with van der Waals surface area (Å²) in [4.78, 5) is 16.8. The fourth-order valence-electron chi connectivity index (χ4n) is 2.37. The molecule has 1 aromatic carbocycles. The molecule has 6 heteroatoms. The molecule has 1 atom stereocenters. The zero-order valence-electron chi connectivity index (χ0n) is 12.2. The van der Waals surface area contributed by atoms with Gasteiger partial charge in [0.1, 0.15) is 6.04 Å². The van der Waals surface area contributed by atoms with E-state index in [1.54, 1.807) is 17.1 Å². The number of hydrogen-bond donors (Lipinski definition) is 1. The summed E-state index contributed by atoms with van der Waals surface area (Å²) in [6.07, 6.45) is 3.40. The first-order chi connectivity index (χ1) is 10.6. The number of nitrogens with zero attached hydrogens (tertiary/aromatic N) is 3. The lowest BCUT2D eigenvalue weighted by atomic mass is 10.2. The molecule has 0 bridgehead atoms. The molecule has 5 nitrogen and oxygen atoms in total. The van der Waals surface area contributed by atoms with Gasteiger partial charge < -0.3 is 5.32 Å². The Morgan fingerprint density at radius 3 is 2.82 bits per heavy atom. The van der Waals surface area contributed by atoms with Gasteiger partial charge in [0.05, 0.1) is 11.2 Å². The van der Waals surface area contributed by atoms with E-state index in [9.17, 15) is 4.79 Å². The number of benzene rings is 1. The van der Waals surface area contributed by atoms with Crippen molar-refractivity contribution in [3.63, 3.8) is 0 Å². The summed E-state index contributed by atoms with van der Waals surface area (Å²) in [7, 11) is 0. The van der Waals surface area contributed by atoms with Crippen molar-refractivity contribution in [2.24, 2.45) is 0 Å². The summed E-state index contributed by atoms with van der Waals surface area (Å²) < 4.78 is 2.65. The van der Waals surface area contributed by atoms with Crippen LogP contribution in [0.4, 0.5) is 5.69 Å². The molecular formula is C16H15BrN4O. The fourth-order valence-corrected chi connectivity index (χ4v) is 2.82. The molecule has 0 spiro atoms. The molecular weight excluding hydrogens is 344 g/mol. The lowest BCUT2D eigenvalue weighted by Gasteiger charge is -2.15. The van der Waals surface area contributed by atoms with Crippen LogP contribution in [-0.2, 0) is 4.79 Å². The average Bonchev–Trinajstić information content (AvgIpc) is 2.95. The summed E-state index contributed by atoms with van der Waals surface area (Å²) >= 11 is 3.50. The van der Waals surface area contributed by atoms with E-state index >= 15 is 0 Å². The van der Waals surface area contributed by atoms with Crippen LogP contribution in [0.5, 0.6) is 0 Å². The lowest BCUT2D eigenvalue weighted by molar-refractivity contribution is -0.119. The number of amides is 1. The van der Waals surface area contributed by atoms with Crippen molar-refractivity contribution in [2.75, 3.05) is 5.32 Å². The minimum absolute atomic E-state index is 0.124. The summed E-state index contributed by atoms with van der Waals surface area (Å²) in [6.45, 7) is 3.75. The van der Waals surface area contributed by atoms with Gasteiger partial charge in [0, 0.05) is 27.9 Å². The van der Waals surface area contributed by atoms with Crippen LogP contribution in [0.25, 0.3) is 10.9 Å². The third-order valence-electron chi connectivity index (χ3n) is 3.59. The molecule has 3 rings (SSSR count). The molecule has 0 aliphatic carbocycles. The lowest BCUT2D eigenvalue weighted by Crippen LogP contribution is -2.25. The van der Waals surface area contributed by atoms with Gasteiger partial charge in [-0.25, -0.2) is 0 Å². The average molecular weight is 359 g/mol. The molecule has 112 valence electrons. The molecule has 0 saturated carbocycles. The van der Waals surface area contributed by atoms with Crippen molar-refractivity contribution in [1.82, 2.24) is 14.8 Å². The standard InChI is InChI=1S/C16H15BrN4O/c1-10-7-9-19-21(10)11(2)16(22)20-14-6-5-13(17)12-4-3-8-18-15(12)14/h3-9,11H,1-2H3,(H,20,22). The number of fused-ring (bicyclic) bond motifs is 1. The van der Waals surface area contributed by atoms with Crippen molar-refractivity contribution in [2.45, 2.75) is 19.9 Å². The van der Waals surface area contributed by atoms with Gasteiger partial charge in [0.25, 0.3) is 0 Å². The first-order valence-electron chi connectivity index (χ1n) is 6.92. The van der Waals surface area contributed by atoms with E-state index in [0.29, 0.717) is 5.69 Å². The second kappa shape index (κ2) is 5.88. The maximum atomic E-state index is 12.5. The summed E-state index contributed by atoms with van der Waals surface area (Å²) in [5, 5.41) is 8.09. The van der Waals surface area contributed by atoms with Crippen LogP contribution in [0.1, 0.15) is 18.7 Å². The van der Waals surface area contributed by atoms with Crippen LogP contribution >= 0.6 is 15.9 Å². The van der Waals surface area contributed by atoms with Gasteiger partial charge >= 0.3 is 0 Å². The highest BCUT2D eigenvalue weighted by Gasteiger charge is 2.18. The molecule has 0 radical (unpaired) electrons. The number of halogens is 1. The van der Waals surface area contributed by atoms with Gasteiger partial charge in [-0.05, 0) is 38.1 Å². The van der Waals surface area contributed by atoms with Crippen molar-refractivity contribution in [3.8, 4) is 0 Å². The SMILES string of the molecule is Cc1ccnn1C(C)C(=O)Nc1ccc(Br)c2cccnc12. The minimum Gasteiger partial charge on any atom is -0.322 e. The van der Waals surface area contributed by atoms with Gasteiger partial charge in [-0.2, -0.15) is 5.10 Å². The number of aryl methyl sites for hydroxylation is 1. The maximum absolute atomic E-state index is 12.5. The Bertz CT molecular complexity index is 843. The molecule has 2 heterocycles. The molecule has 0 fully saturated rings. The highest BCUT2D eigenvalue weighted by atomic mass is 79.9. The highest BCUT2D eigenvalue weighted by Crippen LogP contribution is 2.28. The normalized spacial score (nSPS) is 12.3. The summed E-state index contributed by atoms with van der Waals surface area (Å²) in [6, 6.07) is 9.07. The smallest absolute Gasteiger partial charge is 0.249 e. The van der Waals surface area contributed by atoms with E-state index in [4.69, 9.17) is 0 Å². The summed E-state index contributed by atoms with van der Waals surface area (Å²) in [5.41, 5.74) is 2.40. The minimum atomic E-state index is -0.391. The van der Waals surface area contributed by atoms with Crippen molar-refractivity contribution >= 4 is 38.4 Å². The Hall–Kier alpha value is -2.21. The Kier molecular flexibility index (Phi) is 3.94. The molecule has 22 heavy (non-hydrogen) atoms. The van der Waals surface area contributed by atoms with E-state index in [2.05, 4.69) is 31.3 Å². The third kappa shape index (κ3) is 2.62. The zero-order valence-corrected chi connectivity index (χ0v) is 13.8. The Balaban J connectivity index is 1.92. The zero-order chi connectivity index (χ0) is 15.7. The number of carbonyl (C=O) groups excluding carboxylic acids is 1. The topological polar surface area (TPSA) is 59.8 Å². The molecule has 0 aliphatic heterocycles. The number of nitrogens with one attached hydrogen (secondary N) is 1. The van der Waals surface area contributed by atoms with Crippen molar-refractivity contribution in [3.05, 3.63) is 52.9 Å². The van der Waals surface area contributed by atoms with Gasteiger partial charge in [0.15, 0.2) is 0 Å². The van der Waals surface area contributed by atoms with Crippen molar-refractivity contribution < 1.29 is 4.79 Å². The Morgan fingerprint density at radius 2 is 2.09 bits per heavy atom. The van der Waals surface area contributed by atoms with E-state index in [1.165, 1.54) is 0 Å². The fraction of sp³-hybridized carbons (Fsp3) is 0.188. The molecule has 1 unspecified atom stereocenters. The number of hydrogen-bond acceptors (Lipinski definition) is 3. The predicted molar refractivity (Wildman–Crippen MR) is 89.7 cm³/mol. The van der Waals surface area contributed by atoms with E-state index < -0.39 is 6.04 Å². The van der Waals surface area contributed by atoms with Crippen LogP contribution in [0.2, 0.25) is 0 Å². The van der Waals surface area contributed by atoms with Gasteiger partial charge in [-0.1, -0.05) is 22.0 Å². The van der Waals surface area contributed by atoms with Gasteiger partial charge in [-0.15, -0.1) is 0 Å². The van der Waals surface area contributed by atoms with E-state index in [1.807, 2.05) is 44.2 Å². The third-order valence-corrected chi connectivity index (χ3v) is 4.28. The molecule has 2 aromatic heterocycles. The number of rotatable bonds is 3. The second-order valence-electron chi connectivity index (χ2n) is 5.08. The highest BCUT2D eigenvalue weighted by molar-refractivity contribution is 9.10. The second-order valence-corrected chi connectivity index (χ2v) is 5.93. The molecule has 1 N–H and O–H groups in total. The van der Waals surface area contributed by atoms with E-state index in [-0.39, 0.29) is 5.91 Å². The van der Waals surface area contributed by atoms with Crippen molar-refractivity contribution in [1.29, 1.82) is 0 Å². The first-order valence-corrected chi connectivity index (χ1v) is 7.71. The van der Waals surface area contributed by atoms with Crippen LogP contribution < -0.4 is 5.32 Å². The maximum Gasteiger partial charge on any atom is 0.249 e. The van der Waals surface area contributed by atoms with Crippen LogP contribution in [0.3, 0.4) is 0 Å². The first kappa shape index (κ1) is 14.7. The number of pyridine rings is 1. The van der Waals surface area contributed by atoms with E-state index in [0.717, 1.165) is 21.1 Å². The number of carbonyl (C=O) groups is 1. The van der Waals surface area contributed by atoms with Gasteiger partial charge in [0.2, 0.25) is 5.91 Å². The number of aromatic nitrogens is 3. The largest absolute Gasteiger partial charge is 0.322 e. The monoisotopic (exact) mass is 358 g/mol. The molecule has 0 aliphatic rings. The van der Waals surface area contributed by atoms with Crippen LogP contribution in [0.15, 0.2) is 47.2 Å². The molecule has 1 amide bonds.